The lowest BCUT2D eigenvalue weighted by Crippen LogP contribution is -2.17. The lowest BCUT2D eigenvalue weighted by Gasteiger charge is -2.13. The fourth-order valence-electron chi connectivity index (χ4n) is 1.24. The first-order valence-corrected chi connectivity index (χ1v) is 4.29. The van der Waals surface area contributed by atoms with Crippen molar-refractivity contribution in [2.75, 3.05) is 0 Å². The Kier molecular flexibility index (Phi) is 3.64. The number of hydrogen-bond donors (Lipinski definition) is 1. The molecule has 0 saturated carbocycles. The van der Waals surface area contributed by atoms with Gasteiger partial charge in [-0.25, -0.2) is 22.0 Å². The normalized spacial score (nSPS) is 12.6. The fourth-order valence-corrected chi connectivity index (χ4v) is 1.24. The maximum Gasteiger partial charge on any atom is 0.200 e. The van der Waals surface area contributed by atoms with Crippen LogP contribution < -0.4 is 5.73 Å². The Morgan fingerprint density at radius 2 is 1.31 bits per heavy atom. The second-order valence-electron chi connectivity index (χ2n) is 3.11. The molecule has 0 aliphatic heterocycles. The summed E-state index contributed by atoms with van der Waals surface area (Å²) in [5.41, 5.74) is 4.27. The van der Waals surface area contributed by atoms with Gasteiger partial charge in [0.1, 0.15) is 0 Å². The van der Waals surface area contributed by atoms with Gasteiger partial charge in [0.15, 0.2) is 23.3 Å². The van der Waals surface area contributed by atoms with Crippen LogP contribution in [0.25, 0.3) is 0 Å². The highest BCUT2D eigenvalue weighted by Crippen LogP contribution is 2.28. The smallest absolute Gasteiger partial charge is 0.200 e. The van der Waals surface area contributed by atoms with E-state index in [0.29, 0.717) is 0 Å². The molecule has 0 amide bonds. The van der Waals surface area contributed by atoms with E-state index >= 15 is 0 Å². The predicted molar refractivity (Wildman–Crippen MR) is 48.0 cm³/mol. The van der Waals surface area contributed by atoms with Crippen LogP contribution in [0.15, 0.2) is 12.7 Å². The lowest BCUT2D eigenvalue weighted by molar-refractivity contribution is 0.364. The van der Waals surface area contributed by atoms with Crippen LogP contribution in [0.2, 0.25) is 0 Å². The van der Waals surface area contributed by atoms with Gasteiger partial charge < -0.3 is 5.73 Å². The molecule has 16 heavy (non-hydrogen) atoms. The van der Waals surface area contributed by atoms with Crippen molar-refractivity contribution in [2.45, 2.75) is 12.5 Å². The average Bonchev–Trinajstić information content (AvgIpc) is 2.24. The van der Waals surface area contributed by atoms with Crippen LogP contribution in [0.3, 0.4) is 0 Å². The second-order valence-corrected chi connectivity index (χ2v) is 3.11. The summed E-state index contributed by atoms with van der Waals surface area (Å²) in [6.45, 7) is 3.26. The highest BCUT2D eigenvalue weighted by molar-refractivity contribution is 5.27. The van der Waals surface area contributed by atoms with E-state index in [-0.39, 0.29) is 6.42 Å². The van der Waals surface area contributed by atoms with Crippen LogP contribution >= 0.6 is 0 Å². The molecule has 0 radical (unpaired) electrons. The number of hydrogen-bond acceptors (Lipinski definition) is 1. The monoisotopic (exact) mass is 237 g/mol. The van der Waals surface area contributed by atoms with Gasteiger partial charge in [-0.05, 0) is 6.42 Å². The van der Waals surface area contributed by atoms with E-state index in [1.807, 2.05) is 0 Å². The zero-order chi connectivity index (χ0) is 12.5. The maximum absolute atomic E-state index is 13.1. The molecule has 1 aromatic rings. The zero-order valence-corrected chi connectivity index (χ0v) is 8.04. The molecule has 6 heteroatoms. The Bertz CT molecular complexity index is 401. The summed E-state index contributed by atoms with van der Waals surface area (Å²) < 4.78 is 64.5. The van der Waals surface area contributed by atoms with Crippen LogP contribution in [0.4, 0.5) is 22.0 Å². The van der Waals surface area contributed by atoms with Crippen molar-refractivity contribution >= 4 is 0 Å². The van der Waals surface area contributed by atoms with Gasteiger partial charge in [0.05, 0.1) is 0 Å². The molecule has 0 aliphatic carbocycles. The Morgan fingerprint density at radius 3 is 1.69 bits per heavy atom. The topological polar surface area (TPSA) is 26.0 Å². The number of halogens is 5. The Labute approximate surface area is 88.4 Å². The molecular weight excluding hydrogens is 229 g/mol. The minimum Gasteiger partial charge on any atom is -0.324 e. The van der Waals surface area contributed by atoms with Crippen molar-refractivity contribution in [3.63, 3.8) is 0 Å². The third kappa shape index (κ3) is 1.92. The molecule has 0 bridgehead atoms. The Hall–Kier alpha value is -1.43. The van der Waals surface area contributed by atoms with Gasteiger partial charge in [-0.15, -0.1) is 6.58 Å². The van der Waals surface area contributed by atoms with Crippen molar-refractivity contribution < 1.29 is 22.0 Å². The average molecular weight is 237 g/mol. The SMILES string of the molecule is C=CC[C@H](N)c1c(F)c(F)c(F)c(F)c1F. The first-order valence-electron chi connectivity index (χ1n) is 4.29. The highest BCUT2D eigenvalue weighted by Gasteiger charge is 2.28. The molecule has 2 N–H and O–H groups in total. The minimum atomic E-state index is -2.19. The highest BCUT2D eigenvalue weighted by atomic mass is 19.2. The maximum atomic E-state index is 13.1. The van der Waals surface area contributed by atoms with Gasteiger partial charge in [0.25, 0.3) is 0 Å². The Balaban J connectivity index is 3.44. The standard InChI is InChI=1S/C10H8F5N/c1-2-3-4(16)5-6(11)8(13)10(15)9(14)7(5)12/h2,4H,1,3,16H2/t4-/m0/s1. The summed E-state index contributed by atoms with van der Waals surface area (Å²) in [5.74, 6) is -9.97. The second kappa shape index (κ2) is 4.61. The molecule has 0 spiro atoms. The van der Waals surface area contributed by atoms with Crippen molar-refractivity contribution in [3.05, 3.63) is 47.3 Å². The molecule has 0 fully saturated rings. The molecule has 0 aliphatic rings. The first-order chi connectivity index (χ1) is 7.41. The fraction of sp³-hybridized carbons (Fsp3) is 0.200. The molecule has 88 valence electrons. The summed E-state index contributed by atoms with van der Waals surface area (Å²) in [6.07, 6.45) is 1.13. The van der Waals surface area contributed by atoms with Gasteiger partial charge in [-0.3, -0.25) is 0 Å². The quantitative estimate of drug-likeness (QED) is 0.372. The molecule has 1 aromatic carbocycles. The van der Waals surface area contributed by atoms with E-state index < -0.39 is 40.7 Å². The number of nitrogens with two attached hydrogens (primary N) is 1. The van der Waals surface area contributed by atoms with Gasteiger partial charge in [-0.1, -0.05) is 6.08 Å². The molecule has 1 atom stereocenters. The summed E-state index contributed by atoms with van der Waals surface area (Å²) in [7, 11) is 0. The predicted octanol–water partition coefficient (Wildman–Crippen LogP) is 2.96. The van der Waals surface area contributed by atoms with Crippen LogP contribution in [-0.2, 0) is 0 Å². The van der Waals surface area contributed by atoms with Crippen LogP contribution in [0, 0.1) is 29.1 Å². The van der Waals surface area contributed by atoms with E-state index in [4.69, 9.17) is 5.73 Å². The third-order valence-corrected chi connectivity index (χ3v) is 2.04. The van der Waals surface area contributed by atoms with Crippen molar-refractivity contribution in [3.8, 4) is 0 Å². The van der Waals surface area contributed by atoms with E-state index in [1.165, 1.54) is 6.08 Å². The number of rotatable bonds is 3. The van der Waals surface area contributed by atoms with Gasteiger partial charge in [-0.2, -0.15) is 0 Å². The first kappa shape index (κ1) is 12.6. The minimum absolute atomic E-state index is 0.0989. The molecule has 1 rings (SSSR count). The molecular formula is C10H8F5N. The van der Waals surface area contributed by atoms with Gasteiger partial charge >= 0.3 is 0 Å². The zero-order valence-electron chi connectivity index (χ0n) is 8.04. The van der Waals surface area contributed by atoms with Crippen LogP contribution in [-0.4, -0.2) is 0 Å². The van der Waals surface area contributed by atoms with Crippen molar-refractivity contribution in [2.24, 2.45) is 5.73 Å². The van der Waals surface area contributed by atoms with E-state index in [9.17, 15) is 22.0 Å². The molecule has 0 saturated heterocycles. The molecule has 1 nitrogen and oxygen atoms in total. The third-order valence-electron chi connectivity index (χ3n) is 2.04. The summed E-state index contributed by atoms with van der Waals surface area (Å²) in [4.78, 5) is 0. The lowest BCUT2D eigenvalue weighted by atomic mass is 10.0. The van der Waals surface area contributed by atoms with Gasteiger partial charge in [0.2, 0.25) is 5.82 Å². The van der Waals surface area contributed by atoms with E-state index in [1.54, 1.807) is 0 Å². The summed E-state index contributed by atoms with van der Waals surface area (Å²) in [5, 5.41) is 0. The molecule has 0 unspecified atom stereocenters. The van der Waals surface area contributed by atoms with Gasteiger partial charge in [0, 0.05) is 11.6 Å². The largest absolute Gasteiger partial charge is 0.324 e. The van der Waals surface area contributed by atoms with E-state index in [0.717, 1.165) is 0 Å². The summed E-state index contributed by atoms with van der Waals surface area (Å²) >= 11 is 0. The number of benzene rings is 1. The van der Waals surface area contributed by atoms with Crippen LogP contribution in [0.1, 0.15) is 18.0 Å². The van der Waals surface area contributed by atoms with Crippen LogP contribution in [0.5, 0.6) is 0 Å². The summed E-state index contributed by atoms with van der Waals surface area (Å²) in [6, 6.07) is -1.32. The van der Waals surface area contributed by atoms with Crippen molar-refractivity contribution in [1.29, 1.82) is 0 Å². The van der Waals surface area contributed by atoms with Crippen molar-refractivity contribution in [1.82, 2.24) is 0 Å². The molecule has 0 heterocycles. The van der Waals surface area contributed by atoms with E-state index in [2.05, 4.69) is 6.58 Å². The molecule has 0 aromatic heterocycles. The Morgan fingerprint density at radius 1 is 0.938 bits per heavy atom.